The van der Waals surface area contributed by atoms with Crippen molar-refractivity contribution in [1.29, 1.82) is 0 Å². The number of ether oxygens (including phenoxy) is 1. The topological polar surface area (TPSA) is 67.3 Å². The Bertz CT molecular complexity index is 887. The number of nitrogens with zero attached hydrogens (tertiary/aromatic N) is 3. The van der Waals surface area contributed by atoms with Crippen molar-refractivity contribution >= 4 is 11.7 Å². The number of carbonyl (C=O) groups excluding carboxylic acids is 1. The first-order chi connectivity index (χ1) is 14.2. The van der Waals surface area contributed by atoms with E-state index < -0.39 is 11.7 Å². The molecule has 2 aromatic rings. The van der Waals surface area contributed by atoms with Crippen molar-refractivity contribution < 1.29 is 22.7 Å². The standard InChI is InChI=1S/C21H25F3N4O2/c1-13-8-9-28(20(29)19-17(30-3)6-4-14(2)27-19)16(10-13)12-26-18-7-5-15(11-25-18)21(22,23)24/h4-7,11,13,16H,8-10,12H2,1-3H3,(H,25,26)/t13-,16?/m0/s1. The summed E-state index contributed by atoms with van der Waals surface area (Å²) in [6, 6.07) is 5.65. The molecular weight excluding hydrogens is 397 g/mol. The molecule has 1 fully saturated rings. The fraction of sp³-hybridized carbons (Fsp3) is 0.476. The number of nitrogens with one attached hydrogen (secondary N) is 1. The van der Waals surface area contributed by atoms with E-state index in [1.807, 2.05) is 6.92 Å². The summed E-state index contributed by atoms with van der Waals surface area (Å²) in [6.07, 6.45) is -1.98. The molecule has 162 valence electrons. The summed E-state index contributed by atoms with van der Waals surface area (Å²) >= 11 is 0. The second-order valence-electron chi connectivity index (χ2n) is 7.60. The minimum Gasteiger partial charge on any atom is -0.494 e. The SMILES string of the molecule is COc1ccc(C)nc1C(=O)N1CC[C@H](C)CC1CNc1ccc(C(F)(F)F)cn1. The molecule has 30 heavy (non-hydrogen) atoms. The van der Waals surface area contributed by atoms with E-state index in [1.165, 1.54) is 13.2 Å². The zero-order chi connectivity index (χ0) is 21.9. The van der Waals surface area contributed by atoms with E-state index in [-0.39, 0.29) is 17.6 Å². The molecular formula is C21H25F3N4O2. The van der Waals surface area contributed by atoms with Crippen LogP contribution in [0.3, 0.4) is 0 Å². The van der Waals surface area contributed by atoms with Crippen LogP contribution < -0.4 is 10.1 Å². The number of amides is 1. The minimum atomic E-state index is -4.42. The van der Waals surface area contributed by atoms with Gasteiger partial charge in [-0.1, -0.05) is 6.92 Å². The Balaban J connectivity index is 1.75. The van der Waals surface area contributed by atoms with Gasteiger partial charge in [-0.15, -0.1) is 0 Å². The normalized spacial score (nSPS) is 19.5. The lowest BCUT2D eigenvalue weighted by Gasteiger charge is -2.38. The number of aromatic nitrogens is 2. The highest BCUT2D eigenvalue weighted by molar-refractivity contribution is 5.95. The van der Waals surface area contributed by atoms with Gasteiger partial charge in [0.15, 0.2) is 5.69 Å². The van der Waals surface area contributed by atoms with E-state index in [9.17, 15) is 18.0 Å². The van der Waals surface area contributed by atoms with Gasteiger partial charge in [0.25, 0.3) is 5.91 Å². The summed E-state index contributed by atoms with van der Waals surface area (Å²) in [5.74, 6) is 0.962. The number of hydrogen-bond acceptors (Lipinski definition) is 5. The van der Waals surface area contributed by atoms with E-state index >= 15 is 0 Å². The van der Waals surface area contributed by atoms with E-state index in [1.54, 1.807) is 17.0 Å². The number of pyridine rings is 2. The van der Waals surface area contributed by atoms with Crippen molar-refractivity contribution in [3.05, 3.63) is 47.4 Å². The van der Waals surface area contributed by atoms with Crippen molar-refractivity contribution in [2.75, 3.05) is 25.5 Å². The number of halogens is 3. The van der Waals surface area contributed by atoms with Crippen molar-refractivity contribution in [2.24, 2.45) is 5.92 Å². The Morgan fingerprint density at radius 3 is 2.70 bits per heavy atom. The average Bonchev–Trinajstić information content (AvgIpc) is 2.71. The number of aryl methyl sites for hydroxylation is 1. The molecule has 1 aliphatic rings. The van der Waals surface area contributed by atoms with Gasteiger partial charge in [0.2, 0.25) is 0 Å². The molecule has 6 nitrogen and oxygen atoms in total. The number of alkyl halides is 3. The van der Waals surface area contributed by atoms with Gasteiger partial charge in [-0.2, -0.15) is 13.2 Å². The van der Waals surface area contributed by atoms with E-state index in [4.69, 9.17) is 4.74 Å². The fourth-order valence-corrected chi connectivity index (χ4v) is 3.60. The number of carbonyl (C=O) groups is 1. The lowest BCUT2D eigenvalue weighted by Crippen LogP contribution is -2.49. The first-order valence-electron chi connectivity index (χ1n) is 9.78. The van der Waals surface area contributed by atoms with Gasteiger partial charge in [-0.3, -0.25) is 4.79 Å². The van der Waals surface area contributed by atoms with Crippen LogP contribution in [0.25, 0.3) is 0 Å². The van der Waals surface area contributed by atoms with Gasteiger partial charge < -0.3 is 15.0 Å². The molecule has 0 aromatic carbocycles. The van der Waals surface area contributed by atoms with Crippen LogP contribution in [0.2, 0.25) is 0 Å². The van der Waals surface area contributed by atoms with E-state index in [0.29, 0.717) is 36.3 Å². The van der Waals surface area contributed by atoms with Crippen molar-refractivity contribution in [3.8, 4) is 5.75 Å². The largest absolute Gasteiger partial charge is 0.494 e. The van der Waals surface area contributed by atoms with Crippen LogP contribution in [-0.4, -0.2) is 47.0 Å². The summed E-state index contributed by atoms with van der Waals surface area (Å²) < 4.78 is 43.4. The Morgan fingerprint density at radius 2 is 2.07 bits per heavy atom. The molecule has 1 unspecified atom stereocenters. The van der Waals surface area contributed by atoms with Crippen LogP contribution in [0.4, 0.5) is 19.0 Å². The summed E-state index contributed by atoms with van der Waals surface area (Å²) in [5, 5.41) is 3.07. The number of hydrogen-bond donors (Lipinski definition) is 1. The van der Waals surface area contributed by atoms with Gasteiger partial charge in [-0.25, -0.2) is 9.97 Å². The summed E-state index contributed by atoms with van der Waals surface area (Å²) in [5.41, 5.74) is 0.187. The van der Waals surface area contributed by atoms with Crippen LogP contribution in [0, 0.1) is 12.8 Å². The second-order valence-corrected chi connectivity index (χ2v) is 7.60. The van der Waals surface area contributed by atoms with Crippen LogP contribution in [0.5, 0.6) is 5.75 Å². The smallest absolute Gasteiger partial charge is 0.417 e. The van der Waals surface area contributed by atoms with Gasteiger partial charge in [-0.05, 0) is 49.9 Å². The molecule has 0 radical (unpaired) electrons. The molecule has 2 atom stereocenters. The molecule has 0 aliphatic carbocycles. The monoisotopic (exact) mass is 422 g/mol. The van der Waals surface area contributed by atoms with Gasteiger partial charge in [0.05, 0.1) is 12.7 Å². The Hall–Kier alpha value is -2.84. The minimum absolute atomic E-state index is 0.141. The fourth-order valence-electron chi connectivity index (χ4n) is 3.60. The first-order valence-corrected chi connectivity index (χ1v) is 9.78. The number of rotatable bonds is 5. The number of anilines is 1. The number of methoxy groups -OCH3 is 1. The maximum Gasteiger partial charge on any atom is 0.417 e. The lowest BCUT2D eigenvalue weighted by molar-refractivity contribution is -0.137. The molecule has 1 aliphatic heterocycles. The Labute approximate surface area is 173 Å². The van der Waals surface area contributed by atoms with Gasteiger partial charge >= 0.3 is 6.18 Å². The zero-order valence-corrected chi connectivity index (χ0v) is 17.2. The molecule has 1 amide bonds. The highest BCUT2D eigenvalue weighted by Crippen LogP contribution is 2.29. The van der Waals surface area contributed by atoms with Gasteiger partial charge in [0, 0.05) is 31.0 Å². The molecule has 3 heterocycles. The molecule has 0 bridgehead atoms. The first kappa shape index (κ1) is 21.9. The molecule has 0 spiro atoms. The Morgan fingerprint density at radius 1 is 1.30 bits per heavy atom. The van der Waals surface area contributed by atoms with Crippen molar-refractivity contribution in [1.82, 2.24) is 14.9 Å². The second kappa shape index (κ2) is 8.89. The van der Waals surface area contributed by atoms with E-state index in [2.05, 4.69) is 22.2 Å². The van der Waals surface area contributed by atoms with E-state index in [0.717, 1.165) is 25.1 Å². The number of piperidine rings is 1. The lowest BCUT2D eigenvalue weighted by atomic mass is 9.92. The number of likely N-dealkylation sites (tertiary alicyclic amines) is 1. The predicted octanol–water partition coefficient (Wildman–Crippen LogP) is 4.17. The highest BCUT2D eigenvalue weighted by Gasteiger charge is 2.33. The summed E-state index contributed by atoms with van der Waals surface area (Å²) in [4.78, 5) is 23.2. The van der Waals surface area contributed by atoms with Crippen LogP contribution in [-0.2, 0) is 6.18 Å². The molecule has 1 N–H and O–H groups in total. The molecule has 9 heteroatoms. The quantitative estimate of drug-likeness (QED) is 0.784. The molecule has 0 saturated carbocycles. The molecule has 1 saturated heterocycles. The zero-order valence-electron chi connectivity index (χ0n) is 17.2. The van der Waals surface area contributed by atoms with Gasteiger partial charge in [0.1, 0.15) is 11.6 Å². The molecule has 3 rings (SSSR count). The third kappa shape index (κ3) is 5.01. The highest BCUT2D eigenvalue weighted by atomic mass is 19.4. The van der Waals surface area contributed by atoms with Crippen molar-refractivity contribution in [2.45, 2.75) is 38.9 Å². The Kier molecular flexibility index (Phi) is 6.48. The predicted molar refractivity (Wildman–Crippen MR) is 106 cm³/mol. The maximum atomic E-state index is 13.2. The molecule has 2 aromatic heterocycles. The maximum absolute atomic E-state index is 13.2. The third-order valence-electron chi connectivity index (χ3n) is 5.27. The summed E-state index contributed by atoms with van der Waals surface area (Å²) in [7, 11) is 1.50. The summed E-state index contributed by atoms with van der Waals surface area (Å²) in [6.45, 7) is 4.88. The van der Waals surface area contributed by atoms with Crippen molar-refractivity contribution in [3.63, 3.8) is 0 Å². The average molecular weight is 422 g/mol. The van der Waals surface area contributed by atoms with Crippen LogP contribution in [0.1, 0.15) is 41.5 Å². The van der Waals surface area contributed by atoms with Crippen LogP contribution in [0.15, 0.2) is 30.5 Å². The van der Waals surface area contributed by atoms with Crippen LogP contribution >= 0.6 is 0 Å². The third-order valence-corrected chi connectivity index (χ3v) is 5.27.